The fraction of sp³-hybridized carbons (Fsp3) is 0.125. The van der Waals surface area contributed by atoms with Gasteiger partial charge in [0.05, 0.1) is 0 Å². The van der Waals surface area contributed by atoms with E-state index >= 15 is 0 Å². The van der Waals surface area contributed by atoms with Crippen LogP contribution in [0, 0.1) is 5.82 Å². The summed E-state index contributed by atoms with van der Waals surface area (Å²) in [6.07, 6.45) is 0. The lowest BCUT2D eigenvalue weighted by Gasteiger charge is -2.16. The first-order chi connectivity index (χ1) is 5.79. The summed E-state index contributed by atoms with van der Waals surface area (Å²) in [5, 5.41) is 0. The Kier molecular flexibility index (Phi) is 1.46. The Bertz CT molecular complexity index is 335. The van der Waals surface area contributed by atoms with Crippen LogP contribution in [0.2, 0.25) is 0 Å². The highest BCUT2D eigenvalue weighted by molar-refractivity contribution is 5.93. The van der Waals surface area contributed by atoms with Gasteiger partial charge in [-0.3, -0.25) is 0 Å². The highest BCUT2D eigenvalue weighted by Crippen LogP contribution is 2.25. The van der Waals surface area contributed by atoms with Crippen molar-refractivity contribution >= 4 is 5.97 Å². The van der Waals surface area contributed by atoms with Crippen molar-refractivity contribution in [3.05, 3.63) is 29.6 Å². The summed E-state index contributed by atoms with van der Waals surface area (Å²) in [6, 6.07) is 4.19. The largest absolute Gasteiger partial charge is 0.456 e. The normalized spacial score (nSPS) is 14.6. The number of esters is 1. The first-order valence-electron chi connectivity index (χ1n) is 3.37. The summed E-state index contributed by atoms with van der Waals surface area (Å²) >= 11 is 0. The average molecular weight is 168 g/mol. The molecule has 0 atom stereocenters. The number of fused-ring (bicyclic) bond motifs is 1. The van der Waals surface area contributed by atoms with E-state index in [2.05, 4.69) is 4.74 Å². The minimum atomic E-state index is -0.672. The van der Waals surface area contributed by atoms with E-state index in [-0.39, 0.29) is 18.1 Å². The molecule has 12 heavy (non-hydrogen) atoms. The van der Waals surface area contributed by atoms with E-state index < -0.39 is 11.8 Å². The molecule has 1 aliphatic rings. The monoisotopic (exact) mass is 168 g/mol. The van der Waals surface area contributed by atoms with Crippen molar-refractivity contribution in [1.29, 1.82) is 0 Å². The van der Waals surface area contributed by atoms with Crippen molar-refractivity contribution < 1.29 is 18.7 Å². The van der Waals surface area contributed by atoms with Gasteiger partial charge in [0.2, 0.25) is 6.79 Å². The van der Waals surface area contributed by atoms with Crippen LogP contribution in [-0.4, -0.2) is 12.8 Å². The van der Waals surface area contributed by atoms with Crippen LogP contribution >= 0.6 is 0 Å². The molecule has 1 aliphatic heterocycles. The fourth-order valence-corrected chi connectivity index (χ4v) is 1.04. The molecule has 4 heteroatoms. The lowest BCUT2D eigenvalue weighted by Crippen LogP contribution is -2.19. The number of benzene rings is 1. The summed E-state index contributed by atoms with van der Waals surface area (Å²) in [4.78, 5) is 11.0. The third-order valence-electron chi connectivity index (χ3n) is 1.58. The van der Waals surface area contributed by atoms with Gasteiger partial charge in [-0.05, 0) is 12.1 Å². The van der Waals surface area contributed by atoms with Gasteiger partial charge in [-0.2, -0.15) is 0 Å². The van der Waals surface area contributed by atoms with Crippen molar-refractivity contribution in [2.45, 2.75) is 0 Å². The quantitative estimate of drug-likeness (QED) is 0.548. The number of halogens is 1. The Hall–Kier alpha value is -1.58. The fourth-order valence-electron chi connectivity index (χ4n) is 1.04. The zero-order valence-corrected chi connectivity index (χ0v) is 6.04. The molecule has 0 saturated heterocycles. The molecule has 0 unspecified atom stereocenters. The lowest BCUT2D eigenvalue weighted by atomic mass is 10.2. The van der Waals surface area contributed by atoms with E-state index in [4.69, 9.17) is 4.74 Å². The molecule has 0 N–H and O–H groups in total. The second-order valence-electron chi connectivity index (χ2n) is 2.31. The van der Waals surface area contributed by atoms with Gasteiger partial charge in [-0.1, -0.05) is 6.07 Å². The third-order valence-corrected chi connectivity index (χ3v) is 1.58. The van der Waals surface area contributed by atoms with Gasteiger partial charge in [0.1, 0.15) is 17.1 Å². The molecule has 62 valence electrons. The Balaban J connectivity index is 2.60. The molecule has 0 aromatic heterocycles. The van der Waals surface area contributed by atoms with Crippen LogP contribution in [0.15, 0.2) is 18.2 Å². The molecular formula is C8H5FO3. The molecule has 2 rings (SSSR count). The van der Waals surface area contributed by atoms with E-state index in [9.17, 15) is 9.18 Å². The molecule has 0 bridgehead atoms. The first kappa shape index (κ1) is 7.09. The Morgan fingerprint density at radius 2 is 2.17 bits per heavy atom. The van der Waals surface area contributed by atoms with Crippen LogP contribution in [-0.2, 0) is 4.74 Å². The topological polar surface area (TPSA) is 35.5 Å². The maximum atomic E-state index is 12.9. The molecule has 0 saturated carbocycles. The third kappa shape index (κ3) is 0.922. The van der Waals surface area contributed by atoms with Gasteiger partial charge in [0.25, 0.3) is 0 Å². The second kappa shape index (κ2) is 2.48. The maximum absolute atomic E-state index is 12.9. The highest BCUT2D eigenvalue weighted by Gasteiger charge is 2.23. The van der Waals surface area contributed by atoms with Crippen molar-refractivity contribution in [2.75, 3.05) is 6.79 Å². The van der Waals surface area contributed by atoms with Gasteiger partial charge in [-0.15, -0.1) is 0 Å². The minimum absolute atomic E-state index is 0.122. The zero-order chi connectivity index (χ0) is 8.55. The standard InChI is InChI=1S/C8H5FO3/c9-5-2-1-3-6-7(5)8(10)12-4-11-6/h1-3H,4H2. The van der Waals surface area contributed by atoms with Crippen LogP contribution in [0.4, 0.5) is 4.39 Å². The SMILES string of the molecule is O=C1OCOc2cccc(F)c21. The maximum Gasteiger partial charge on any atom is 0.347 e. The molecule has 0 radical (unpaired) electrons. The number of hydrogen-bond donors (Lipinski definition) is 0. The Labute approximate surface area is 67.7 Å². The van der Waals surface area contributed by atoms with Gasteiger partial charge < -0.3 is 9.47 Å². The lowest BCUT2D eigenvalue weighted by molar-refractivity contribution is 0.00402. The predicted molar refractivity (Wildman–Crippen MR) is 37.3 cm³/mol. The number of carbonyl (C=O) groups excluding carboxylic acids is 1. The molecule has 0 fully saturated rings. The predicted octanol–water partition coefficient (Wildman–Crippen LogP) is 1.33. The summed E-state index contributed by atoms with van der Waals surface area (Å²) in [6.45, 7) is -0.144. The van der Waals surface area contributed by atoms with Crippen molar-refractivity contribution in [1.82, 2.24) is 0 Å². The van der Waals surface area contributed by atoms with Crippen LogP contribution in [0.5, 0.6) is 5.75 Å². The number of carbonyl (C=O) groups is 1. The van der Waals surface area contributed by atoms with E-state index in [1.54, 1.807) is 0 Å². The number of cyclic esters (lactones) is 1. The van der Waals surface area contributed by atoms with E-state index in [1.807, 2.05) is 0 Å². The average Bonchev–Trinajstić information content (AvgIpc) is 2.04. The van der Waals surface area contributed by atoms with Crippen LogP contribution in [0.1, 0.15) is 10.4 Å². The van der Waals surface area contributed by atoms with E-state index in [1.165, 1.54) is 18.2 Å². The second-order valence-corrected chi connectivity index (χ2v) is 2.31. The number of ether oxygens (including phenoxy) is 2. The van der Waals surface area contributed by atoms with Gasteiger partial charge in [0, 0.05) is 0 Å². The molecule has 1 heterocycles. The van der Waals surface area contributed by atoms with Crippen molar-refractivity contribution in [3.8, 4) is 5.75 Å². The highest BCUT2D eigenvalue weighted by atomic mass is 19.1. The van der Waals surface area contributed by atoms with E-state index in [0.717, 1.165) is 0 Å². The zero-order valence-electron chi connectivity index (χ0n) is 6.04. The van der Waals surface area contributed by atoms with E-state index in [0.29, 0.717) is 0 Å². The smallest absolute Gasteiger partial charge is 0.347 e. The molecule has 3 nitrogen and oxygen atoms in total. The minimum Gasteiger partial charge on any atom is -0.456 e. The Morgan fingerprint density at radius 1 is 1.33 bits per heavy atom. The summed E-state index contributed by atoms with van der Waals surface area (Å²) < 4.78 is 22.3. The molecule has 1 aromatic rings. The molecule has 1 aromatic carbocycles. The van der Waals surface area contributed by atoms with Crippen molar-refractivity contribution in [3.63, 3.8) is 0 Å². The van der Waals surface area contributed by atoms with Gasteiger partial charge >= 0.3 is 5.97 Å². The number of rotatable bonds is 0. The summed E-state index contributed by atoms with van der Waals surface area (Å²) in [5.74, 6) is -1.04. The van der Waals surface area contributed by atoms with Crippen LogP contribution < -0.4 is 4.74 Å². The molecule has 0 spiro atoms. The van der Waals surface area contributed by atoms with Gasteiger partial charge in [0.15, 0.2) is 0 Å². The van der Waals surface area contributed by atoms with Gasteiger partial charge in [-0.25, -0.2) is 9.18 Å². The molecule has 0 aliphatic carbocycles. The van der Waals surface area contributed by atoms with Crippen molar-refractivity contribution in [2.24, 2.45) is 0 Å². The molecular weight excluding hydrogens is 163 g/mol. The number of hydrogen-bond acceptors (Lipinski definition) is 3. The summed E-state index contributed by atoms with van der Waals surface area (Å²) in [7, 11) is 0. The van der Waals surface area contributed by atoms with Crippen LogP contribution in [0.3, 0.4) is 0 Å². The molecule has 0 amide bonds. The first-order valence-corrected chi connectivity index (χ1v) is 3.37. The van der Waals surface area contributed by atoms with Crippen LogP contribution in [0.25, 0.3) is 0 Å². The Morgan fingerprint density at radius 3 is 2.92 bits per heavy atom. The summed E-state index contributed by atoms with van der Waals surface area (Å²) in [5.41, 5.74) is -0.122.